The largest absolute Gasteiger partial charge is 0.336 e. The molecule has 0 aliphatic heterocycles. The van der Waals surface area contributed by atoms with Crippen LogP contribution in [0.15, 0.2) is 60.8 Å². The lowest BCUT2D eigenvalue weighted by Gasteiger charge is -2.15. The summed E-state index contributed by atoms with van der Waals surface area (Å²) in [6.07, 6.45) is 4.29. The molecule has 1 aromatic carbocycles. The zero-order valence-corrected chi connectivity index (χ0v) is 12.5. The number of aromatic nitrogens is 1. The minimum atomic E-state index is 0.00126. The van der Waals surface area contributed by atoms with E-state index in [1.165, 1.54) is 0 Å². The minimum absolute atomic E-state index is 0.00126. The number of nitrogens with zero attached hydrogens (tertiary/aromatic N) is 2. The molecule has 0 saturated carbocycles. The summed E-state index contributed by atoms with van der Waals surface area (Å²) in [5.74, 6) is 0.00126. The molecule has 0 radical (unpaired) electrons. The molecule has 0 atom stereocenters. The van der Waals surface area contributed by atoms with Crippen LogP contribution in [-0.2, 0) is 11.3 Å². The fourth-order valence-corrected chi connectivity index (χ4v) is 2.11. The summed E-state index contributed by atoms with van der Waals surface area (Å²) in [7, 11) is 1.80. The van der Waals surface area contributed by atoms with Gasteiger partial charge in [0.1, 0.15) is 0 Å². The van der Waals surface area contributed by atoms with Crippen molar-refractivity contribution >= 4 is 11.5 Å². The van der Waals surface area contributed by atoms with Crippen LogP contribution in [0.3, 0.4) is 0 Å². The van der Waals surface area contributed by atoms with E-state index in [4.69, 9.17) is 0 Å². The number of carbonyl (C=O) groups excluding carboxylic acids is 1. The van der Waals surface area contributed by atoms with E-state index in [-0.39, 0.29) is 5.91 Å². The summed E-state index contributed by atoms with van der Waals surface area (Å²) in [5.41, 5.74) is 3.03. The number of hydrogen-bond acceptors (Lipinski definition) is 2. The third-order valence-corrected chi connectivity index (χ3v) is 3.32. The molecule has 0 N–H and O–H groups in total. The van der Waals surface area contributed by atoms with E-state index in [2.05, 4.69) is 11.9 Å². The Labute approximate surface area is 125 Å². The first-order valence-electron chi connectivity index (χ1n) is 7.11. The first kappa shape index (κ1) is 15.0. The highest BCUT2D eigenvalue weighted by molar-refractivity contribution is 5.95. The highest BCUT2D eigenvalue weighted by atomic mass is 16.2. The minimum Gasteiger partial charge on any atom is -0.336 e. The van der Waals surface area contributed by atoms with Gasteiger partial charge in [0.05, 0.1) is 12.2 Å². The lowest BCUT2D eigenvalue weighted by molar-refractivity contribution is -0.125. The average Bonchev–Trinajstić information content (AvgIpc) is 2.54. The van der Waals surface area contributed by atoms with E-state index < -0.39 is 0 Å². The van der Waals surface area contributed by atoms with Gasteiger partial charge in [0.15, 0.2) is 0 Å². The summed E-state index contributed by atoms with van der Waals surface area (Å²) >= 11 is 0. The lowest BCUT2D eigenvalue weighted by atomic mass is 10.0. The van der Waals surface area contributed by atoms with Gasteiger partial charge in [0, 0.05) is 19.3 Å². The zero-order valence-electron chi connectivity index (χ0n) is 12.5. The molecular weight excluding hydrogens is 260 g/mol. The van der Waals surface area contributed by atoms with Crippen molar-refractivity contribution < 1.29 is 4.79 Å². The van der Waals surface area contributed by atoms with Gasteiger partial charge >= 0.3 is 0 Å². The van der Waals surface area contributed by atoms with E-state index in [9.17, 15) is 4.79 Å². The van der Waals surface area contributed by atoms with Crippen molar-refractivity contribution in [2.75, 3.05) is 7.05 Å². The molecule has 0 fully saturated rings. The second-order valence-corrected chi connectivity index (χ2v) is 4.90. The molecular formula is C18H20N2O. The summed E-state index contributed by atoms with van der Waals surface area (Å²) < 4.78 is 0. The van der Waals surface area contributed by atoms with Gasteiger partial charge in [-0.05, 0) is 29.7 Å². The van der Waals surface area contributed by atoms with Crippen molar-refractivity contribution in [1.82, 2.24) is 9.88 Å². The van der Waals surface area contributed by atoms with Gasteiger partial charge in [-0.15, -0.1) is 0 Å². The molecule has 0 aliphatic rings. The number of amides is 1. The van der Waals surface area contributed by atoms with E-state index >= 15 is 0 Å². The van der Waals surface area contributed by atoms with E-state index in [1.54, 1.807) is 24.2 Å². The summed E-state index contributed by atoms with van der Waals surface area (Å²) in [6, 6.07) is 15.7. The third kappa shape index (κ3) is 4.28. The van der Waals surface area contributed by atoms with Crippen LogP contribution in [0.1, 0.15) is 24.6 Å². The van der Waals surface area contributed by atoms with Gasteiger partial charge in [0.25, 0.3) is 0 Å². The Morgan fingerprint density at radius 1 is 1.14 bits per heavy atom. The normalized spacial score (nSPS) is 11.2. The van der Waals surface area contributed by atoms with Crippen molar-refractivity contribution in [2.24, 2.45) is 0 Å². The Balaban J connectivity index is 2.09. The fourth-order valence-electron chi connectivity index (χ4n) is 2.11. The zero-order chi connectivity index (χ0) is 15.1. The lowest BCUT2D eigenvalue weighted by Crippen LogP contribution is -2.25. The second-order valence-electron chi connectivity index (χ2n) is 4.90. The van der Waals surface area contributed by atoms with E-state index in [0.717, 1.165) is 23.3 Å². The van der Waals surface area contributed by atoms with Crippen molar-refractivity contribution in [3.63, 3.8) is 0 Å². The molecule has 3 nitrogen and oxygen atoms in total. The van der Waals surface area contributed by atoms with Crippen molar-refractivity contribution in [3.05, 3.63) is 72.1 Å². The Morgan fingerprint density at radius 3 is 2.48 bits per heavy atom. The molecule has 0 saturated heterocycles. The number of hydrogen-bond donors (Lipinski definition) is 0. The molecule has 1 heterocycles. The molecule has 108 valence electrons. The standard InChI is InChI=1S/C18H20N2O/c1-3-15(16-9-5-4-6-10-16)13-18(21)20(2)14-17-11-7-8-12-19-17/h4-13H,3,14H2,1-2H3/b15-13+. The van der Waals surface area contributed by atoms with Crippen molar-refractivity contribution in [1.29, 1.82) is 0 Å². The molecule has 0 unspecified atom stereocenters. The number of pyridine rings is 1. The van der Waals surface area contributed by atoms with Gasteiger partial charge < -0.3 is 4.90 Å². The number of carbonyl (C=O) groups is 1. The van der Waals surface area contributed by atoms with Crippen molar-refractivity contribution in [2.45, 2.75) is 19.9 Å². The molecule has 0 bridgehead atoms. The molecule has 2 rings (SSSR count). The maximum absolute atomic E-state index is 12.3. The van der Waals surface area contributed by atoms with Crippen molar-refractivity contribution in [3.8, 4) is 0 Å². The first-order chi connectivity index (χ1) is 10.2. The van der Waals surface area contributed by atoms with Crippen LogP contribution in [-0.4, -0.2) is 22.8 Å². The van der Waals surface area contributed by atoms with Gasteiger partial charge in [-0.3, -0.25) is 9.78 Å². The van der Waals surface area contributed by atoms with Crippen LogP contribution in [0.25, 0.3) is 5.57 Å². The molecule has 1 amide bonds. The van der Waals surface area contributed by atoms with Crippen LogP contribution in [0, 0.1) is 0 Å². The summed E-state index contributed by atoms with van der Waals surface area (Å²) in [4.78, 5) is 18.2. The summed E-state index contributed by atoms with van der Waals surface area (Å²) in [6.45, 7) is 2.58. The predicted octanol–water partition coefficient (Wildman–Crippen LogP) is 3.53. The number of allylic oxidation sites excluding steroid dienone is 1. The molecule has 21 heavy (non-hydrogen) atoms. The third-order valence-electron chi connectivity index (χ3n) is 3.32. The smallest absolute Gasteiger partial charge is 0.246 e. The Hall–Kier alpha value is -2.42. The van der Waals surface area contributed by atoms with Crippen LogP contribution >= 0.6 is 0 Å². The van der Waals surface area contributed by atoms with Gasteiger partial charge in [0.2, 0.25) is 5.91 Å². The second kappa shape index (κ2) is 7.39. The Kier molecular flexibility index (Phi) is 5.27. The maximum atomic E-state index is 12.3. The summed E-state index contributed by atoms with van der Waals surface area (Å²) in [5, 5.41) is 0. The topological polar surface area (TPSA) is 33.2 Å². The number of likely N-dealkylation sites (N-methyl/N-ethyl adjacent to an activating group) is 1. The Morgan fingerprint density at radius 2 is 1.86 bits per heavy atom. The molecule has 2 aromatic rings. The van der Waals surface area contributed by atoms with Gasteiger partial charge in [-0.25, -0.2) is 0 Å². The molecule has 0 spiro atoms. The van der Waals surface area contributed by atoms with E-state index in [1.807, 2.05) is 48.5 Å². The first-order valence-corrected chi connectivity index (χ1v) is 7.11. The Bertz CT molecular complexity index is 606. The van der Waals surface area contributed by atoms with Crippen LogP contribution in [0.5, 0.6) is 0 Å². The van der Waals surface area contributed by atoms with Crippen LogP contribution < -0.4 is 0 Å². The molecule has 0 aliphatic carbocycles. The predicted molar refractivity (Wildman–Crippen MR) is 85.4 cm³/mol. The van der Waals surface area contributed by atoms with E-state index in [0.29, 0.717) is 6.54 Å². The SMILES string of the molecule is CC/C(=C\C(=O)N(C)Cc1ccccn1)c1ccccc1. The quantitative estimate of drug-likeness (QED) is 0.785. The molecule has 1 aromatic heterocycles. The van der Waals surface area contributed by atoms with Crippen LogP contribution in [0.2, 0.25) is 0 Å². The van der Waals surface area contributed by atoms with Gasteiger partial charge in [-0.1, -0.05) is 43.3 Å². The number of benzene rings is 1. The van der Waals surface area contributed by atoms with Crippen LogP contribution in [0.4, 0.5) is 0 Å². The molecule has 3 heteroatoms. The monoisotopic (exact) mass is 280 g/mol. The maximum Gasteiger partial charge on any atom is 0.246 e. The number of rotatable bonds is 5. The van der Waals surface area contributed by atoms with Gasteiger partial charge in [-0.2, -0.15) is 0 Å². The highest BCUT2D eigenvalue weighted by Gasteiger charge is 2.09. The fraction of sp³-hybridized carbons (Fsp3) is 0.222. The highest BCUT2D eigenvalue weighted by Crippen LogP contribution is 2.17. The average molecular weight is 280 g/mol.